The lowest BCUT2D eigenvalue weighted by molar-refractivity contribution is 0.253. The lowest BCUT2D eigenvalue weighted by Gasteiger charge is -2.35. The summed E-state index contributed by atoms with van der Waals surface area (Å²) in [7, 11) is 0. The van der Waals surface area contributed by atoms with Crippen molar-refractivity contribution in [2.75, 3.05) is 5.32 Å². The van der Waals surface area contributed by atoms with Crippen LogP contribution in [0.2, 0.25) is 5.15 Å². The molecular weight excluding hydrogens is 651 g/mol. The highest BCUT2D eigenvalue weighted by Crippen LogP contribution is 2.39. The minimum absolute atomic E-state index is 0.0712. The summed E-state index contributed by atoms with van der Waals surface area (Å²) in [6, 6.07) is 23.5. The fourth-order valence-corrected chi connectivity index (χ4v) is 6.45. The van der Waals surface area contributed by atoms with E-state index in [0.717, 1.165) is 10.5 Å². The molecule has 2 aromatic carbocycles. The molecule has 2 atom stereocenters. The Morgan fingerprint density at radius 1 is 0.667 bits per heavy atom. The summed E-state index contributed by atoms with van der Waals surface area (Å²) in [6.07, 6.45) is 7.53. The van der Waals surface area contributed by atoms with Gasteiger partial charge in [-0.15, -0.1) is 0 Å². The van der Waals surface area contributed by atoms with Gasteiger partial charge < -0.3 is 5.32 Å². The standard InChI is InChI=1S/C18H23N3O2.C11H14ClN.C7H9ClN2O2/c1-12(2)21-16(22)11-15(20-18(21)23)19-17(14-9-6-10-14)13-7-4-3-5-8-13;12-13-11(10-7-4-8-10)9-5-2-1-3-6-9;1-4(2)10-6(11)3-5(8)9-7(10)12/h3-5,7-8,11-12,14,17,19H,6,9-10H2,1-2H3,(H,20,23);1-3,5-6,10-11,13H,4,7-8H2;3-4H,1-2H3,(H,9,12)/t17-;11-;/m11./s1. The molecule has 258 valence electrons. The summed E-state index contributed by atoms with van der Waals surface area (Å²) in [5.74, 6) is 1.77. The van der Waals surface area contributed by atoms with Gasteiger partial charge in [0.2, 0.25) is 0 Å². The summed E-state index contributed by atoms with van der Waals surface area (Å²) in [5, 5.41) is 3.45. The monoisotopic (exact) mass is 696 g/mol. The van der Waals surface area contributed by atoms with E-state index in [1.54, 1.807) is 13.8 Å². The van der Waals surface area contributed by atoms with Gasteiger partial charge >= 0.3 is 11.4 Å². The van der Waals surface area contributed by atoms with Gasteiger partial charge in [0.05, 0.1) is 6.04 Å². The molecule has 2 saturated carbocycles. The number of benzene rings is 2. The van der Waals surface area contributed by atoms with E-state index < -0.39 is 5.69 Å². The molecule has 2 fully saturated rings. The van der Waals surface area contributed by atoms with Crippen LogP contribution in [0.25, 0.3) is 0 Å². The van der Waals surface area contributed by atoms with Crippen LogP contribution in [0.3, 0.4) is 0 Å². The first-order valence-corrected chi connectivity index (χ1v) is 17.4. The average molecular weight is 698 g/mol. The molecule has 10 nitrogen and oxygen atoms in total. The molecule has 2 aliphatic carbocycles. The number of halogens is 2. The van der Waals surface area contributed by atoms with Crippen molar-refractivity contribution in [2.24, 2.45) is 11.8 Å². The van der Waals surface area contributed by atoms with Gasteiger partial charge in [0.1, 0.15) is 11.0 Å². The number of aromatic nitrogens is 4. The molecule has 0 unspecified atom stereocenters. The van der Waals surface area contributed by atoms with Gasteiger partial charge in [0.25, 0.3) is 11.1 Å². The van der Waals surface area contributed by atoms with Crippen LogP contribution in [-0.2, 0) is 0 Å². The van der Waals surface area contributed by atoms with E-state index in [2.05, 4.69) is 56.5 Å². The number of nitrogens with one attached hydrogen (secondary N) is 4. The van der Waals surface area contributed by atoms with Crippen molar-refractivity contribution in [1.82, 2.24) is 23.9 Å². The van der Waals surface area contributed by atoms with Gasteiger partial charge in [0, 0.05) is 30.3 Å². The second kappa shape index (κ2) is 17.5. The molecule has 4 aromatic rings. The number of anilines is 1. The smallest absolute Gasteiger partial charge is 0.330 e. The second-order valence-corrected chi connectivity index (χ2v) is 13.6. The fourth-order valence-electron chi connectivity index (χ4n) is 5.97. The zero-order valence-corrected chi connectivity index (χ0v) is 29.4. The van der Waals surface area contributed by atoms with Gasteiger partial charge in [-0.25, -0.2) is 14.4 Å². The quantitative estimate of drug-likeness (QED) is 0.109. The van der Waals surface area contributed by atoms with Crippen molar-refractivity contribution in [2.45, 2.75) is 90.4 Å². The van der Waals surface area contributed by atoms with E-state index in [4.69, 9.17) is 23.4 Å². The van der Waals surface area contributed by atoms with Gasteiger partial charge in [-0.3, -0.25) is 28.7 Å². The number of rotatable bonds is 9. The number of H-pyrrole nitrogens is 2. The van der Waals surface area contributed by atoms with E-state index in [9.17, 15) is 19.2 Å². The Morgan fingerprint density at radius 3 is 1.50 bits per heavy atom. The maximum atomic E-state index is 12.2. The summed E-state index contributed by atoms with van der Waals surface area (Å²) < 4.78 is 2.33. The first kappa shape index (κ1) is 37.0. The third-order valence-electron chi connectivity index (χ3n) is 8.92. The first-order chi connectivity index (χ1) is 23.0. The maximum absolute atomic E-state index is 12.2. The van der Waals surface area contributed by atoms with E-state index >= 15 is 0 Å². The summed E-state index contributed by atoms with van der Waals surface area (Å²) in [5.41, 5.74) is 1.01. The number of aromatic amines is 2. The molecule has 0 radical (unpaired) electrons. The van der Waals surface area contributed by atoms with Crippen LogP contribution in [0.15, 0.2) is 92.0 Å². The molecule has 0 spiro atoms. The fraction of sp³-hybridized carbons (Fsp3) is 0.444. The van der Waals surface area contributed by atoms with Crippen LogP contribution in [-0.4, -0.2) is 19.1 Å². The van der Waals surface area contributed by atoms with Crippen LogP contribution >= 0.6 is 23.4 Å². The van der Waals surface area contributed by atoms with E-state index in [1.165, 1.54) is 66.4 Å². The number of hydrogen-bond acceptors (Lipinski definition) is 6. The Morgan fingerprint density at radius 2 is 1.10 bits per heavy atom. The molecule has 12 heteroatoms. The van der Waals surface area contributed by atoms with Crippen molar-refractivity contribution < 1.29 is 0 Å². The lowest BCUT2D eigenvalue weighted by Crippen LogP contribution is -2.37. The van der Waals surface area contributed by atoms with Crippen molar-refractivity contribution in [1.29, 1.82) is 0 Å². The normalized spacial score (nSPS) is 15.7. The minimum atomic E-state index is -0.470. The first-order valence-electron chi connectivity index (χ1n) is 16.6. The summed E-state index contributed by atoms with van der Waals surface area (Å²) in [4.78, 5) is 54.6. The van der Waals surface area contributed by atoms with E-state index in [-0.39, 0.29) is 40.1 Å². The largest absolute Gasteiger partial charge is 0.364 e. The van der Waals surface area contributed by atoms with Crippen LogP contribution < -0.4 is 32.7 Å². The van der Waals surface area contributed by atoms with Gasteiger partial charge in [0.15, 0.2) is 0 Å². The van der Waals surface area contributed by atoms with Crippen molar-refractivity contribution in [3.05, 3.63) is 131 Å². The zero-order chi connectivity index (χ0) is 34.8. The molecular formula is C36H46Cl2N6O4. The lowest BCUT2D eigenvalue weighted by atomic mass is 9.77. The minimum Gasteiger partial charge on any atom is -0.364 e. The number of hydrogen-bond donors (Lipinski definition) is 4. The van der Waals surface area contributed by atoms with Crippen LogP contribution in [0.1, 0.15) is 102 Å². The maximum Gasteiger partial charge on any atom is 0.330 e. The van der Waals surface area contributed by atoms with Crippen molar-refractivity contribution in [3.8, 4) is 0 Å². The highest BCUT2D eigenvalue weighted by atomic mass is 35.5. The Labute approximate surface area is 290 Å². The molecule has 2 aliphatic rings. The van der Waals surface area contributed by atoms with E-state index in [1.807, 2.05) is 38.1 Å². The molecule has 6 rings (SSSR count). The molecule has 4 N–H and O–H groups in total. The van der Waals surface area contributed by atoms with Gasteiger partial charge in [-0.2, -0.15) is 0 Å². The molecule has 0 bridgehead atoms. The second-order valence-electron chi connectivity index (χ2n) is 12.9. The topological polar surface area (TPSA) is 134 Å². The van der Waals surface area contributed by atoms with Gasteiger partial charge in [-0.05, 0) is 88.1 Å². The summed E-state index contributed by atoms with van der Waals surface area (Å²) >= 11 is 11.2. The van der Waals surface area contributed by atoms with E-state index in [0.29, 0.717) is 17.8 Å². The predicted molar refractivity (Wildman–Crippen MR) is 194 cm³/mol. The van der Waals surface area contributed by atoms with Gasteiger partial charge in [-0.1, -0.05) is 85.1 Å². The molecule has 0 saturated heterocycles. The SMILES string of the molecule is CC(C)n1c(=O)cc(Cl)[nH]c1=O.CC(C)n1c(=O)cc(N[C@H](c2ccccc2)C2CCC2)[nH]c1=O.ClN[C@H](c1ccccc1)C1CCC1. The third-order valence-corrected chi connectivity index (χ3v) is 9.36. The number of nitrogens with zero attached hydrogens (tertiary/aromatic N) is 2. The van der Waals surface area contributed by atoms with Crippen LogP contribution in [0, 0.1) is 11.8 Å². The van der Waals surface area contributed by atoms with Crippen LogP contribution in [0.5, 0.6) is 0 Å². The Bertz CT molecular complexity index is 1770. The molecule has 48 heavy (non-hydrogen) atoms. The van der Waals surface area contributed by atoms with Crippen molar-refractivity contribution in [3.63, 3.8) is 0 Å². The Kier molecular flexibility index (Phi) is 13.5. The average Bonchev–Trinajstić information content (AvgIpc) is 2.98. The van der Waals surface area contributed by atoms with Crippen molar-refractivity contribution >= 4 is 29.2 Å². The third kappa shape index (κ3) is 9.61. The predicted octanol–water partition coefficient (Wildman–Crippen LogP) is 7.11. The zero-order valence-electron chi connectivity index (χ0n) is 27.9. The molecule has 2 aromatic heterocycles. The molecule has 0 amide bonds. The molecule has 0 aliphatic heterocycles. The highest BCUT2D eigenvalue weighted by molar-refractivity contribution is 6.29. The molecule has 2 heterocycles. The Balaban J connectivity index is 0.000000177. The Hall–Kier alpha value is -3.86. The highest BCUT2D eigenvalue weighted by Gasteiger charge is 2.29. The summed E-state index contributed by atoms with van der Waals surface area (Å²) in [6.45, 7) is 7.16. The van der Waals surface area contributed by atoms with Crippen LogP contribution in [0.4, 0.5) is 5.82 Å².